The third-order valence-electron chi connectivity index (χ3n) is 3.26. The highest BCUT2D eigenvalue weighted by atomic mass is 16.4. The third kappa shape index (κ3) is 3.09. The minimum atomic E-state index is -1.01. The van der Waals surface area contributed by atoms with Crippen LogP contribution in [0.2, 0.25) is 0 Å². The van der Waals surface area contributed by atoms with Crippen LogP contribution >= 0.6 is 0 Å². The Labute approximate surface area is 118 Å². The number of rotatable bonds is 5. The molecule has 0 heterocycles. The van der Waals surface area contributed by atoms with Gasteiger partial charge in [-0.2, -0.15) is 0 Å². The van der Waals surface area contributed by atoms with E-state index >= 15 is 0 Å². The topological polar surface area (TPSA) is 75.3 Å². The number of anilines is 2. The van der Waals surface area contributed by atoms with Gasteiger partial charge in [0, 0.05) is 17.9 Å². The van der Waals surface area contributed by atoms with Gasteiger partial charge in [-0.05, 0) is 35.7 Å². The van der Waals surface area contributed by atoms with E-state index in [1.165, 1.54) is 17.2 Å². The maximum Gasteiger partial charge on any atom is 0.337 e. The van der Waals surface area contributed by atoms with Crippen molar-refractivity contribution in [3.8, 4) is 0 Å². The maximum absolute atomic E-state index is 10.9. The van der Waals surface area contributed by atoms with E-state index in [0.29, 0.717) is 6.54 Å². The van der Waals surface area contributed by atoms with Crippen LogP contribution in [0.3, 0.4) is 0 Å². The monoisotopic (exact) mass is 270 g/mol. The Morgan fingerprint density at radius 3 is 2.50 bits per heavy atom. The van der Waals surface area contributed by atoms with E-state index in [-0.39, 0.29) is 11.3 Å². The van der Waals surface area contributed by atoms with Crippen LogP contribution in [0.1, 0.15) is 28.4 Å². The maximum atomic E-state index is 10.9. The second-order valence-corrected chi connectivity index (χ2v) is 4.58. The molecular weight excluding hydrogens is 252 g/mol. The number of aromatic carboxylic acids is 1. The molecule has 2 rings (SSSR count). The molecule has 0 atom stereocenters. The largest absolute Gasteiger partial charge is 0.478 e. The van der Waals surface area contributed by atoms with Gasteiger partial charge in [-0.25, -0.2) is 4.79 Å². The molecule has 0 aliphatic carbocycles. The number of hydrogen-bond donors (Lipinski definition) is 3. The first-order valence-electron chi connectivity index (χ1n) is 6.55. The lowest BCUT2D eigenvalue weighted by Crippen LogP contribution is -2.05. The van der Waals surface area contributed by atoms with Crippen molar-refractivity contribution < 1.29 is 9.90 Å². The average molecular weight is 270 g/mol. The lowest BCUT2D eigenvalue weighted by Gasteiger charge is -2.11. The standard InChI is InChI=1S/C16H18N2O2/c1-2-11-5-3-4-6-12(11)10-18-13-7-8-14(16(19)20)15(17)9-13/h3-9,18H,2,10,17H2,1H3,(H,19,20). The van der Waals surface area contributed by atoms with E-state index < -0.39 is 5.97 Å². The Morgan fingerprint density at radius 1 is 1.20 bits per heavy atom. The molecule has 104 valence electrons. The summed E-state index contributed by atoms with van der Waals surface area (Å²) in [6.07, 6.45) is 0.984. The second-order valence-electron chi connectivity index (χ2n) is 4.58. The normalized spacial score (nSPS) is 10.2. The van der Waals surface area contributed by atoms with Gasteiger partial charge >= 0.3 is 5.97 Å². The number of nitrogens with one attached hydrogen (secondary N) is 1. The number of carboxylic acids is 1. The Morgan fingerprint density at radius 2 is 1.90 bits per heavy atom. The molecule has 0 radical (unpaired) electrons. The van der Waals surface area contributed by atoms with Crippen LogP contribution in [0.15, 0.2) is 42.5 Å². The van der Waals surface area contributed by atoms with Crippen molar-refractivity contribution in [1.29, 1.82) is 0 Å². The smallest absolute Gasteiger partial charge is 0.337 e. The van der Waals surface area contributed by atoms with E-state index in [0.717, 1.165) is 12.1 Å². The molecule has 0 aliphatic heterocycles. The van der Waals surface area contributed by atoms with Gasteiger partial charge in [0.15, 0.2) is 0 Å². The number of benzene rings is 2. The Bertz CT molecular complexity index is 624. The fraction of sp³-hybridized carbons (Fsp3) is 0.188. The number of nitrogen functional groups attached to an aromatic ring is 1. The van der Waals surface area contributed by atoms with E-state index in [4.69, 9.17) is 10.8 Å². The van der Waals surface area contributed by atoms with Crippen molar-refractivity contribution in [3.05, 3.63) is 59.2 Å². The zero-order chi connectivity index (χ0) is 14.5. The summed E-state index contributed by atoms with van der Waals surface area (Å²) in [5.74, 6) is -1.01. The summed E-state index contributed by atoms with van der Waals surface area (Å²) in [6.45, 7) is 2.81. The van der Waals surface area contributed by atoms with Gasteiger partial charge in [0.25, 0.3) is 0 Å². The number of carboxylic acid groups (broad SMARTS) is 1. The average Bonchev–Trinajstić information content (AvgIpc) is 2.45. The van der Waals surface area contributed by atoms with Gasteiger partial charge in [0.05, 0.1) is 5.56 Å². The lowest BCUT2D eigenvalue weighted by molar-refractivity contribution is 0.0698. The molecule has 0 saturated heterocycles. The predicted molar refractivity (Wildman–Crippen MR) is 81.0 cm³/mol. The fourth-order valence-corrected chi connectivity index (χ4v) is 2.14. The second kappa shape index (κ2) is 6.10. The predicted octanol–water partition coefficient (Wildman–Crippen LogP) is 3.14. The van der Waals surface area contributed by atoms with Gasteiger partial charge in [-0.3, -0.25) is 0 Å². The van der Waals surface area contributed by atoms with Gasteiger partial charge in [-0.15, -0.1) is 0 Å². The quantitative estimate of drug-likeness (QED) is 0.730. The molecule has 0 saturated carbocycles. The van der Waals surface area contributed by atoms with Crippen molar-refractivity contribution >= 4 is 17.3 Å². The van der Waals surface area contributed by atoms with E-state index in [1.54, 1.807) is 12.1 Å². The molecule has 0 fully saturated rings. The SMILES string of the molecule is CCc1ccccc1CNc1ccc(C(=O)O)c(N)c1. The molecule has 0 amide bonds. The van der Waals surface area contributed by atoms with Gasteiger partial charge in [-0.1, -0.05) is 31.2 Å². The molecule has 0 bridgehead atoms. The molecule has 2 aromatic rings. The first-order valence-corrected chi connectivity index (χ1v) is 6.55. The molecule has 20 heavy (non-hydrogen) atoms. The molecule has 4 heteroatoms. The molecule has 0 unspecified atom stereocenters. The van der Waals surface area contributed by atoms with Crippen molar-refractivity contribution in [2.75, 3.05) is 11.1 Å². The molecule has 2 aromatic carbocycles. The molecule has 0 spiro atoms. The first-order chi connectivity index (χ1) is 9.61. The van der Waals surface area contributed by atoms with Crippen molar-refractivity contribution in [1.82, 2.24) is 0 Å². The minimum Gasteiger partial charge on any atom is -0.478 e. The van der Waals surface area contributed by atoms with Crippen LogP contribution < -0.4 is 11.1 Å². The van der Waals surface area contributed by atoms with Crippen LogP contribution in [0.4, 0.5) is 11.4 Å². The van der Waals surface area contributed by atoms with Crippen molar-refractivity contribution in [2.45, 2.75) is 19.9 Å². The zero-order valence-electron chi connectivity index (χ0n) is 11.4. The molecule has 0 aromatic heterocycles. The van der Waals surface area contributed by atoms with Crippen LogP contribution in [-0.2, 0) is 13.0 Å². The first kappa shape index (κ1) is 13.9. The van der Waals surface area contributed by atoms with E-state index in [2.05, 4.69) is 24.4 Å². The van der Waals surface area contributed by atoms with Gasteiger partial charge < -0.3 is 16.2 Å². The van der Waals surface area contributed by atoms with E-state index in [1.807, 2.05) is 12.1 Å². The van der Waals surface area contributed by atoms with Crippen LogP contribution in [0.5, 0.6) is 0 Å². The summed E-state index contributed by atoms with van der Waals surface area (Å²) in [5.41, 5.74) is 9.48. The molecule has 4 nitrogen and oxygen atoms in total. The van der Waals surface area contributed by atoms with Crippen LogP contribution in [-0.4, -0.2) is 11.1 Å². The highest BCUT2D eigenvalue weighted by molar-refractivity contribution is 5.94. The molecule has 4 N–H and O–H groups in total. The summed E-state index contributed by atoms with van der Waals surface area (Å²) in [4.78, 5) is 10.9. The summed E-state index contributed by atoms with van der Waals surface area (Å²) in [7, 11) is 0. The Kier molecular flexibility index (Phi) is 4.25. The summed E-state index contributed by atoms with van der Waals surface area (Å²) in [6, 6.07) is 13.1. The Hall–Kier alpha value is -2.49. The third-order valence-corrected chi connectivity index (χ3v) is 3.26. The summed E-state index contributed by atoms with van der Waals surface area (Å²) < 4.78 is 0. The van der Waals surface area contributed by atoms with Gasteiger partial charge in [0.2, 0.25) is 0 Å². The molecule has 0 aliphatic rings. The number of aryl methyl sites for hydroxylation is 1. The van der Waals surface area contributed by atoms with Crippen molar-refractivity contribution in [2.24, 2.45) is 0 Å². The number of hydrogen-bond acceptors (Lipinski definition) is 3. The number of nitrogens with two attached hydrogens (primary N) is 1. The molecular formula is C16H18N2O2. The van der Waals surface area contributed by atoms with Crippen LogP contribution in [0, 0.1) is 0 Å². The summed E-state index contributed by atoms with van der Waals surface area (Å²) >= 11 is 0. The summed E-state index contributed by atoms with van der Waals surface area (Å²) in [5, 5.41) is 12.2. The highest BCUT2D eigenvalue weighted by Crippen LogP contribution is 2.19. The number of carbonyl (C=O) groups is 1. The highest BCUT2D eigenvalue weighted by Gasteiger charge is 2.08. The van der Waals surface area contributed by atoms with E-state index in [9.17, 15) is 4.79 Å². The van der Waals surface area contributed by atoms with Gasteiger partial charge in [0.1, 0.15) is 0 Å². The minimum absolute atomic E-state index is 0.129. The Balaban J connectivity index is 2.11. The van der Waals surface area contributed by atoms with Crippen LogP contribution in [0.25, 0.3) is 0 Å². The van der Waals surface area contributed by atoms with Crippen molar-refractivity contribution in [3.63, 3.8) is 0 Å². The fourth-order valence-electron chi connectivity index (χ4n) is 2.14. The lowest BCUT2D eigenvalue weighted by atomic mass is 10.1. The zero-order valence-corrected chi connectivity index (χ0v) is 11.4.